The standard InChI is InChI=1S/C21H15IN2O5/c1-29-9-4-2-8(3-5-9)10-6-12(23)14-16(18(10)25)20(27)15-13(24)7-11(22)19(26)17(15)21(14)28/h2-7,25-26H,23-24H2,1H3. The maximum Gasteiger partial charge on any atom is 0.200 e. The van der Waals surface area contributed by atoms with Gasteiger partial charge in [-0.1, -0.05) is 12.1 Å². The molecule has 0 unspecified atom stereocenters. The summed E-state index contributed by atoms with van der Waals surface area (Å²) >= 11 is 1.82. The lowest BCUT2D eigenvalue weighted by Gasteiger charge is -2.24. The van der Waals surface area contributed by atoms with E-state index in [1.165, 1.54) is 19.2 Å². The van der Waals surface area contributed by atoms with Crippen LogP contribution in [0.3, 0.4) is 0 Å². The van der Waals surface area contributed by atoms with Crippen LogP contribution in [0.15, 0.2) is 36.4 Å². The number of ketones is 2. The third kappa shape index (κ3) is 2.70. The minimum absolute atomic E-state index is 0.0180. The fraction of sp³-hybridized carbons (Fsp3) is 0.0476. The van der Waals surface area contributed by atoms with Gasteiger partial charge in [0.05, 0.1) is 32.9 Å². The van der Waals surface area contributed by atoms with Gasteiger partial charge < -0.3 is 26.4 Å². The number of rotatable bonds is 2. The number of fused-ring (bicyclic) bond motifs is 2. The van der Waals surface area contributed by atoms with Crippen molar-refractivity contribution in [2.45, 2.75) is 0 Å². The van der Waals surface area contributed by atoms with E-state index in [1.807, 2.05) is 22.6 Å². The van der Waals surface area contributed by atoms with Crippen molar-refractivity contribution in [2.75, 3.05) is 18.6 Å². The second kappa shape index (κ2) is 6.66. The van der Waals surface area contributed by atoms with Crippen molar-refractivity contribution in [3.8, 4) is 28.4 Å². The van der Waals surface area contributed by atoms with Crippen LogP contribution in [0.25, 0.3) is 11.1 Å². The molecule has 1 aliphatic rings. The number of aromatic hydroxyl groups is 2. The Labute approximate surface area is 179 Å². The van der Waals surface area contributed by atoms with Crippen LogP contribution in [-0.4, -0.2) is 28.9 Å². The first-order chi connectivity index (χ1) is 13.8. The summed E-state index contributed by atoms with van der Waals surface area (Å²) in [6.07, 6.45) is 0. The van der Waals surface area contributed by atoms with Gasteiger partial charge in [-0.05, 0) is 52.4 Å². The number of hydrogen-bond acceptors (Lipinski definition) is 7. The van der Waals surface area contributed by atoms with Crippen molar-refractivity contribution < 1.29 is 24.5 Å². The Morgan fingerprint density at radius 2 is 1.34 bits per heavy atom. The van der Waals surface area contributed by atoms with Gasteiger partial charge in [-0.15, -0.1) is 0 Å². The van der Waals surface area contributed by atoms with E-state index in [4.69, 9.17) is 16.2 Å². The van der Waals surface area contributed by atoms with E-state index in [2.05, 4.69) is 0 Å². The zero-order valence-corrected chi connectivity index (χ0v) is 17.3. The van der Waals surface area contributed by atoms with E-state index in [1.54, 1.807) is 24.3 Å². The average Bonchev–Trinajstić information content (AvgIpc) is 2.70. The second-order valence-corrected chi connectivity index (χ2v) is 7.71. The van der Waals surface area contributed by atoms with E-state index in [-0.39, 0.29) is 45.1 Å². The number of anilines is 2. The number of ether oxygens (including phenoxy) is 1. The third-order valence-electron chi connectivity index (χ3n) is 4.92. The van der Waals surface area contributed by atoms with Gasteiger partial charge in [0, 0.05) is 16.9 Å². The van der Waals surface area contributed by atoms with E-state index in [0.29, 0.717) is 20.4 Å². The van der Waals surface area contributed by atoms with Crippen molar-refractivity contribution >= 4 is 45.5 Å². The first kappa shape index (κ1) is 19.1. The monoisotopic (exact) mass is 502 g/mol. The molecule has 0 bridgehead atoms. The van der Waals surface area contributed by atoms with Gasteiger partial charge in [-0.25, -0.2) is 0 Å². The molecular weight excluding hydrogens is 487 g/mol. The summed E-state index contributed by atoms with van der Waals surface area (Å²) in [5, 5.41) is 21.3. The molecule has 0 amide bonds. The highest BCUT2D eigenvalue weighted by Crippen LogP contribution is 2.46. The topological polar surface area (TPSA) is 136 Å². The SMILES string of the molecule is COc1ccc(-c2cc(N)c3c(c2O)C(=O)c2c(N)cc(I)c(O)c2C3=O)cc1. The van der Waals surface area contributed by atoms with Gasteiger partial charge in [-0.2, -0.15) is 0 Å². The lowest BCUT2D eigenvalue weighted by molar-refractivity contribution is 0.0975. The summed E-state index contributed by atoms with van der Waals surface area (Å²) in [4.78, 5) is 26.3. The summed E-state index contributed by atoms with van der Waals surface area (Å²) in [6, 6.07) is 9.63. The molecule has 7 nitrogen and oxygen atoms in total. The molecule has 0 aromatic heterocycles. The minimum Gasteiger partial charge on any atom is -0.506 e. The van der Waals surface area contributed by atoms with E-state index in [0.717, 1.165) is 0 Å². The van der Waals surface area contributed by atoms with Gasteiger partial charge in [-0.3, -0.25) is 9.59 Å². The average molecular weight is 502 g/mol. The van der Waals surface area contributed by atoms with Crippen LogP contribution in [0.1, 0.15) is 31.8 Å². The summed E-state index contributed by atoms with van der Waals surface area (Å²) in [5.74, 6) is -1.42. The number of phenols is 2. The molecule has 0 aliphatic heterocycles. The lowest BCUT2D eigenvalue weighted by Crippen LogP contribution is -2.24. The molecule has 1 aliphatic carbocycles. The number of carbonyl (C=O) groups is 2. The normalized spacial score (nSPS) is 12.5. The quantitative estimate of drug-likeness (QED) is 0.188. The zero-order valence-electron chi connectivity index (χ0n) is 15.1. The fourth-order valence-electron chi connectivity index (χ4n) is 3.52. The van der Waals surface area contributed by atoms with Gasteiger partial charge in [0.2, 0.25) is 11.6 Å². The second-order valence-electron chi connectivity index (χ2n) is 6.54. The van der Waals surface area contributed by atoms with E-state index >= 15 is 0 Å². The van der Waals surface area contributed by atoms with E-state index < -0.39 is 11.6 Å². The first-order valence-electron chi connectivity index (χ1n) is 8.46. The predicted molar refractivity (Wildman–Crippen MR) is 117 cm³/mol. The Kier molecular flexibility index (Phi) is 4.38. The van der Waals surface area contributed by atoms with Crippen LogP contribution in [0.4, 0.5) is 11.4 Å². The van der Waals surface area contributed by atoms with Crippen molar-refractivity contribution in [1.82, 2.24) is 0 Å². The highest BCUT2D eigenvalue weighted by molar-refractivity contribution is 14.1. The molecule has 6 N–H and O–H groups in total. The Morgan fingerprint density at radius 1 is 0.828 bits per heavy atom. The fourth-order valence-corrected chi connectivity index (χ4v) is 4.13. The van der Waals surface area contributed by atoms with Crippen LogP contribution in [0.5, 0.6) is 17.2 Å². The molecule has 146 valence electrons. The molecule has 29 heavy (non-hydrogen) atoms. The van der Waals surface area contributed by atoms with Crippen molar-refractivity contribution in [1.29, 1.82) is 0 Å². The van der Waals surface area contributed by atoms with E-state index in [9.17, 15) is 19.8 Å². The van der Waals surface area contributed by atoms with Crippen LogP contribution in [0.2, 0.25) is 0 Å². The van der Waals surface area contributed by atoms with Crippen LogP contribution < -0.4 is 16.2 Å². The van der Waals surface area contributed by atoms with Crippen molar-refractivity contribution in [3.05, 3.63) is 62.2 Å². The number of nitrogens with two attached hydrogens (primary N) is 2. The number of methoxy groups -OCH3 is 1. The number of benzene rings is 3. The zero-order chi connectivity index (χ0) is 21.0. The van der Waals surface area contributed by atoms with Gasteiger partial charge in [0.25, 0.3) is 0 Å². The van der Waals surface area contributed by atoms with Crippen LogP contribution in [-0.2, 0) is 0 Å². The summed E-state index contributed by atoms with van der Waals surface area (Å²) < 4.78 is 5.46. The number of hydrogen-bond donors (Lipinski definition) is 4. The van der Waals surface area contributed by atoms with Crippen molar-refractivity contribution in [2.24, 2.45) is 0 Å². The van der Waals surface area contributed by atoms with Crippen LogP contribution >= 0.6 is 22.6 Å². The first-order valence-corrected chi connectivity index (χ1v) is 9.54. The Hall–Kier alpha value is -3.27. The predicted octanol–water partition coefficient (Wildman–Crippen LogP) is 3.32. The summed E-state index contributed by atoms with van der Waals surface area (Å²) in [6.45, 7) is 0. The van der Waals surface area contributed by atoms with Gasteiger partial charge in [0.1, 0.15) is 17.2 Å². The molecule has 8 heteroatoms. The Bertz CT molecular complexity index is 1220. The van der Waals surface area contributed by atoms with Crippen LogP contribution in [0, 0.1) is 3.57 Å². The molecule has 0 heterocycles. The summed E-state index contributed by atoms with van der Waals surface area (Å²) in [7, 11) is 1.53. The molecule has 3 aromatic rings. The maximum absolute atomic E-state index is 13.2. The maximum atomic E-state index is 13.2. The molecule has 0 spiro atoms. The molecule has 0 saturated heterocycles. The Morgan fingerprint density at radius 3 is 1.90 bits per heavy atom. The number of phenolic OH excluding ortho intramolecular Hbond substituents is 2. The smallest absolute Gasteiger partial charge is 0.200 e. The molecule has 3 aromatic carbocycles. The molecular formula is C21H15IN2O5. The highest BCUT2D eigenvalue weighted by Gasteiger charge is 2.39. The van der Waals surface area contributed by atoms with Gasteiger partial charge >= 0.3 is 0 Å². The number of halogens is 1. The largest absolute Gasteiger partial charge is 0.506 e. The highest BCUT2D eigenvalue weighted by atomic mass is 127. The van der Waals surface area contributed by atoms with Gasteiger partial charge in [0.15, 0.2) is 0 Å². The molecule has 0 saturated carbocycles. The minimum atomic E-state index is -0.668. The molecule has 0 atom stereocenters. The molecule has 4 rings (SSSR count). The van der Waals surface area contributed by atoms with Crippen molar-refractivity contribution in [3.63, 3.8) is 0 Å². The summed E-state index contributed by atoms with van der Waals surface area (Å²) in [5.41, 5.74) is 12.3. The Balaban J connectivity index is 2.00. The molecule has 0 radical (unpaired) electrons. The lowest BCUT2D eigenvalue weighted by atomic mass is 9.80. The molecule has 0 fully saturated rings. The number of carbonyl (C=O) groups excluding carboxylic acids is 2. The third-order valence-corrected chi connectivity index (χ3v) is 5.75. The number of nitrogen functional groups attached to an aromatic ring is 2.